The molecule has 2 N–H and O–H groups in total. The Kier molecular flexibility index (Phi) is 4.92. The fourth-order valence-electron chi connectivity index (χ4n) is 2.23. The van der Waals surface area contributed by atoms with Crippen molar-refractivity contribution in [1.29, 1.82) is 0 Å². The van der Waals surface area contributed by atoms with Crippen molar-refractivity contribution in [1.82, 2.24) is 9.71 Å². The van der Waals surface area contributed by atoms with Crippen molar-refractivity contribution < 1.29 is 13.2 Å². The van der Waals surface area contributed by atoms with Crippen molar-refractivity contribution >= 4 is 21.6 Å². The van der Waals surface area contributed by atoms with E-state index in [0.29, 0.717) is 18.5 Å². The van der Waals surface area contributed by atoms with Crippen LogP contribution in [-0.4, -0.2) is 25.4 Å². The number of nitrogens with zero attached hydrogens (tertiary/aromatic N) is 1. The third kappa shape index (κ3) is 4.62. The number of hydrogen-bond donors (Lipinski definition) is 2. The smallest absolute Gasteiger partial charge is 0.240 e. The molecule has 3 rings (SSSR count). The second-order valence-electron chi connectivity index (χ2n) is 5.83. The molecule has 2 aromatic rings. The fourth-order valence-corrected chi connectivity index (χ4v) is 3.54. The Morgan fingerprint density at radius 1 is 1.17 bits per heavy atom. The molecule has 1 aromatic heterocycles. The van der Waals surface area contributed by atoms with E-state index in [9.17, 15) is 13.2 Å². The number of anilines is 1. The summed E-state index contributed by atoms with van der Waals surface area (Å²) in [5.41, 5.74) is 1.58. The highest BCUT2D eigenvalue weighted by Gasteiger charge is 2.27. The molecule has 0 unspecified atom stereocenters. The first-order valence-corrected chi connectivity index (χ1v) is 9.32. The number of carbonyl (C=O) groups excluding carboxylic acids is 1. The molecule has 1 fully saturated rings. The summed E-state index contributed by atoms with van der Waals surface area (Å²) >= 11 is 0. The first kappa shape index (κ1) is 16.6. The molecular weight excluding hydrogens is 326 g/mol. The zero-order chi connectivity index (χ0) is 17.0. The van der Waals surface area contributed by atoms with Gasteiger partial charge in [0.1, 0.15) is 0 Å². The molecule has 24 heavy (non-hydrogen) atoms. The minimum atomic E-state index is -3.46. The van der Waals surface area contributed by atoms with E-state index in [1.54, 1.807) is 24.5 Å². The van der Waals surface area contributed by atoms with E-state index in [2.05, 4.69) is 15.0 Å². The lowest BCUT2D eigenvalue weighted by Crippen LogP contribution is -2.25. The van der Waals surface area contributed by atoms with E-state index >= 15 is 0 Å². The maximum Gasteiger partial charge on any atom is 0.240 e. The number of carbonyl (C=O) groups is 1. The Morgan fingerprint density at radius 3 is 2.54 bits per heavy atom. The summed E-state index contributed by atoms with van der Waals surface area (Å²) in [6, 6.07) is 10.0. The van der Waals surface area contributed by atoms with Gasteiger partial charge >= 0.3 is 0 Å². The summed E-state index contributed by atoms with van der Waals surface area (Å²) < 4.78 is 26.8. The molecule has 1 aliphatic rings. The van der Waals surface area contributed by atoms with Crippen LogP contribution in [0, 0.1) is 0 Å². The highest BCUT2D eigenvalue weighted by atomic mass is 32.2. The van der Waals surface area contributed by atoms with E-state index in [-0.39, 0.29) is 16.8 Å². The molecule has 1 aromatic carbocycles. The van der Waals surface area contributed by atoms with Crippen LogP contribution in [0.25, 0.3) is 0 Å². The molecule has 0 spiro atoms. The van der Waals surface area contributed by atoms with Crippen molar-refractivity contribution in [3.8, 4) is 0 Å². The number of hydrogen-bond acceptors (Lipinski definition) is 4. The fraction of sp³-hybridized carbons (Fsp3) is 0.294. The van der Waals surface area contributed by atoms with Crippen LogP contribution >= 0.6 is 0 Å². The zero-order valence-electron chi connectivity index (χ0n) is 13.1. The van der Waals surface area contributed by atoms with Gasteiger partial charge in [0.2, 0.25) is 15.9 Å². The minimum Gasteiger partial charge on any atom is -0.326 e. The van der Waals surface area contributed by atoms with Crippen LogP contribution in [-0.2, 0) is 21.2 Å². The second-order valence-corrected chi connectivity index (χ2v) is 7.54. The predicted octanol–water partition coefficient (Wildman–Crippen LogP) is 2.09. The zero-order valence-corrected chi connectivity index (χ0v) is 13.9. The van der Waals surface area contributed by atoms with Gasteiger partial charge in [0.25, 0.3) is 0 Å². The van der Waals surface area contributed by atoms with Crippen LogP contribution in [0.1, 0.15) is 24.8 Å². The van der Waals surface area contributed by atoms with Crippen molar-refractivity contribution in [2.45, 2.75) is 36.6 Å². The standard InChI is InChI=1S/C17H19N3O3S/c21-17(10-3-13-2-1-11-18-12-13)19-14-6-8-16(9-7-14)24(22,23)20-15-4-5-15/h1-2,6-9,11-12,15,20H,3-5,10H2,(H,19,21). The Bertz CT molecular complexity index is 801. The lowest BCUT2D eigenvalue weighted by atomic mass is 10.1. The van der Waals surface area contributed by atoms with Crippen molar-refractivity contribution in [2.24, 2.45) is 0 Å². The normalized spacial score (nSPS) is 14.3. The number of nitrogens with one attached hydrogen (secondary N) is 2. The number of aromatic nitrogens is 1. The van der Waals surface area contributed by atoms with Crippen molar-refractivity contribution in [3.05, 3.63) is 54.4 Å². The average Bonchev–Trinajstić information content (AvgIpc) is 3.38. The van der Waals surface area contributed by atoms with E-state index in [4.69, 9.17) is 0 Å². The van der Waals surface area contributed by atoms with Crippen molar-refractivity contribution in [3.63, 3.8) is 0 Å². The lowest BCUT2D eigenvalue weighted by Gasteiger charge is -2.08. The summed E-state index contributed by atoms with van der Waals surface area (Å²) in [6.45, 7) is 0. The monoisotopic (exact) mass is 345 g/mol. The molecular formula is C17H19N3O3S. The molecule has 1 aliphatic carbocycles. The third-order valence-corrected chi connectivity index (χ3v) is 5.25. The largest absolute Gasteiger partial charge is 0.326 e. The van der Waals surface area contributed by atoms with E-state index in [1.807, 2.05) is 12.1 Å². The summed E-state index contributed by atoms with van der Waals surface area (Å²) in [4.78, 5) is 16.2. The highest BCUT2D eigenvalue weighted by molar-refractivity contribution is 7.89. The van der Waals surface area contributed by atoms with E-state index in [0.717, 1.165) is 18.4 Å². The number of pyridine rings is 1. The van der Waals surface area contributed by atoms with Crippen LogP contribution < -0.4 is 10.0 Å². The quantitative estimate of drug-likeness (QED) is 0.804. The molecule has 1 heterocycles. The van der Waals surface area contributed by atoms with Gasteiger partial charge in [-0.1, -0.05) is 6.07 Å². The number of rotatable bonds is 7. The summed E-state index contributed by atoms with van der Waals surface area (Å²) in [5.74, 6) is -0.120. The minimum absolute atomic E-state index is 0.0712. The third-order valence-electron chi connectivity index (χ3n) is 3.71. The van der Waals surface area contributed by atoms with Crippen molar-refractivity contribution in [2.75, 3.05) is 5.32 Å². The number of sulfonamides is 1. The first-order chi connectivity index (χ1) is 11.5. The average molecular weight is 345 g/mol. The molecule has 0 bridgehead atoms. The van der Waals surface area contributed by atoms with Gasteiger partial charge in [-0.25, -0.2) is 13.1 Å². The number of aryl methyl sites for hydroxylation is 1. The van der Waals surface area contributed by atoms with E-state index < -0.39 is 10.0 Å². The summed E-state index contributed by atoms with van der Waals surface area (Å²) in [6.07, 6.45) is 6.16. The molecule has 6 nitrogen and oxygen atoms in total. The molecule has 126 valence electrons. The van der Waals surface area contributed by atoms with Crippen LogP contribution in [0.15, 0.2) is 53.7 Å². The van der Waals surface area contributed by atoms with Crippen LogP contribution in [0.4, 0.5) is 5.69 Å². The molecule has 0 aliphatic heterocycles. The van der Waals surface area contributed by atoms with Crippen LogP contribution in [0.3, 0.4) is 0 Å². The lowest BCUT2D eigenvalue weighted by molar-refractivity contribution is -0.116. The Hall–Kier alpha value is -2.25. The highest BCUT2D eigenvalue weighted by Crippen LogP contribution is 2.22. The first-order valence-electron chi connectivity index (χ1n) is 7.84. The molecule has 0 atom stereocenters. The molecule has 0 saturated heterocycles. The van der Waals surface area contributed by atoms with Crippen LogP contribution in [0.5, 0.6) is 0 Å². The van der Waals surface area contributed by atoms with Crippen LogP contribution in [0.2, 0.25) is 0 Å². The Labute approximate surface area is 141 Å². The number of benzene rings is 1. The van der Waals surface area contributed by atoms with Gasteiger partial charge in [-0.3, -0.25) is 9.78 Å². The summed E-state index contributed by atoms with van der Waals surface area (Å²) in [5, 5.41) is 2.77. The SMILES string of the molecule is O=C(CCc1cccnc1)Nc1ccc(S(=O)(=O)NC2CC2)cc1. The topological polar surface area (TPSA) is 88.2 Å². The van der Waals surface area contributed by atoms with Gasteiger partial charge in [0.05, 0.1) is 4.90 Å². The van der Waals surface area contributed by atoms with E-state index in [1.165, 1.54) is 12.1 Å². The number of amides is 1. The van der Waals surface area contributed by atoms with Gasteiger partial charge in [0, 0.05) is 30.5 Å². The molecule has 0 radical (unpaired) electrons. The predicted molar refractivity (Wildman–Crippen MR) is 91.0 cm³/mol. The maximum absolute atomic E-state index is 12.1. The molecule has 7 heteroatoms. The van der Waals surface area contributed by atoms with Gasteiger partial charge in [-0.15, -0.1) is 0 Å². The van der Waals surface area contributed by atoms with Gasteiger partial charge in [-0.2, -0.15) is 0 Å². The van der Waals surface area contributed by atoms with Gasteiger partial charge in [0.15, 0.2) is 0 Å². The Balaban J connectivity index is 1.54. The second kappa shape index (κ2) is 7.11. The maximum atomic E-state index is 12.1. The molecule has 1 saturated carbocycles. The summed E-state index contributed by atoms with van der Waals surface area (Å²) in [7, 11) is -3.46. The van der Waals surface area contributed by atoms with Gasteiger partial charge in [-0.05, 0) is 55.2 Å². The van der Waals surface area contributed by atoms with Gasteiger partial charge < -0.3 is 5.32 Å². The molecule has 1 amide bonds. The Morgan fingerprint density at radius 2 is 1.92 bits per heavy atom.